The minimum atomic E-state index is -0.237. The second kappa shape index (κ2) is 8.11. The van der Waals surface area contributed by atoms with Gasteiger partial charge in [0.25, 0.3) is 0 Å². The smallest absolute Gasteiger partial charge is 0.247 e. The second-order valence-corrected chi connectivity index (χ2v) is 5.89. The third-order valence-electron chi connectivity index (χ3n) is 4.33. The molecule has 4 heteroatoms. The normalized spacial score (nSPS) is 18.0. The maximum absolute atomic E-state index is 12.4. The Morgan fingerprint density at radius 3 is 2.59 bits per heavy atom. The molecule has 1 saturated heterocycles. The summed E-state index contributed by atoms with van der Waals surface area (Å²) in [5.41, 5.74) is 1.54. The third-order valence-corrected chi connectivity index (χ3v) is 4.33. The molecule has 22 heavy (non-hydrogen) atoms. The standard InChI is InChI=1S/C18H25NO3/c1-2-16(12-15-6-4-3-5-7-15)17(21)19-13-18(14-20)8-10-22-11-9-18/h3-7,12,20H,2,8-11,13-14H2,1H3,(H,19,21)/b16-12+. The fourth-order valence-corrected chi connectivity index (χ4v) is 2.66. The lowest BCUT2D eigenvalue weighted by Gasteiger charge is -2.35. The Labute approximate surface area is 132 Å². The number of aliphatic hydroxyl groups is 1. The highest BCUT2D eigenvalue weighted by atomic mass is 16.5. The van der Waals surface area contributed by atoms with Crippen LogP contribution >= 0.6 is 0 Å². The van der Waals surface area contributed by atoms with Gasteiger partial charge in [-0.15, -0.1) is 0 Å². The molecule has 0 saturated carbocycles. The van der Waals surface area contributed by atoms with Crippen molar-refractivity contribution in [2.24, 2.45) is 5.41 Å². The van der Waals surface area contributed by atoms with E-state index in [1.807, 2.05) is 43.3 Å². The zero-order valence-corrected chi connectivity index (χ0v) is 13.2. The van der Waals surface area contributed by atoms with Gasteiger partial charge < -0.3 is 15.2 Å². The number of benzene rings is 1. The zero-order chi connectivity index (χ0) is 15.8. The van der Waals surface area contributed by atoms with E-state index in [0.29, 0.717) is 26.2 Å². The lowest BCUT2D eigenvalue weighted by atomic mass is 9.81. The van der Waals surface area contributed by atoms with Gasteiger partial charge in [-0.2, -0.15) is 0 Å². The van der Waals surface area contributed by atoms with Crippen molar-refractivity contribution in [3.8, 4) is 0 Å². The van der Waals surface area contributed by atoms with Crippen LogP contribution in [0.3, 0.4) is 0 Å². The predicted molar refractivity (Wildman–Crippen MR) is 87.3 cm³/mol. The van der Waals surface area contributed by atoms with Crippen molar-refractivity contribution in [2.75, 3.05) is 26.4 Å². The summed E-state index contributed by atoms with van der Waals surface area (Å²) < 4.78 is 5.35. The molecular weight excluding hydrogens is 278 g/mol. The quantitative estimate of drug-likeness (QED) is 0.793. The van der Waals surface area contributed by atoms with Crippen molar-refractivity contribution >= 4 is 12.0 Å². The number of carbonyl (C=O) groups is 1. The van der Waals surface area contributed by atoms with Gasteiger partial charge in [-0.1, -0.05) is 37.3 Å². The molecular formula is C18H25NO3. The maximum Gasteiger partial charge on any atom is 0.247 e. The summed E-state index contributed by atoms with van der Waals surface area (Å²) in [6, 6.07) is 9.84. The lowest BCUT2D eigenvalue weighted by molar-refractivity contribution is -0.118. The molecule has 2 rings (SSSR count). The molecule has 1 aliphatic heterocycles. The molecule has 1 fully saturated rings. The van der Waals surface area contributed by atoms with Crippen molar-refractivity contribution in [2.45, 2.75) is 26.2 Å². The predicted octanol–water partition coefficient (Wildman–Crippen LogP) is 2.39. The van der Waals surface area contributed by atoms with Crippen molar-refractivity contribution < 1.29 is 14.6 Å². The molecule has 4 nitrogen and oxygen atoms in total. The largest absolute Gasteiger partial charge is 0.396 e. The maximum atomic E-state index is 12.4. The van der Waals surface area contributed by atoms with Crippen LogP contribution in [0, 0.1) is 5.41 Å². The molecule has 0 aliphatic carbocycles. The Bertz CT molecular complexity index is 504. The fraction of sp³-hybridized carbons (Fsp3) is 0.500. The van der Waals surface area contributed by atoms with E-state index in [1.165, 1.54) is 0 Å². The topological polar surface area (TPSA) is 58.6 Å². The molecule has 0 unspecified atom stereocenters. The lowest BCUT2D eigenvalue weighted by Crippen LogP contribution is -2.44. The second-order valence-electron chi connectivity index (χ2n) is 5.89. The van der Waals surface area contributed by atoms with Crippen molar-refractivity contribution in [3.63, 3.8) is 0 Å². The summed E-state index contributed by atoms with van der Waals surface area (Å²) in [6.45, 7) is 3.86. The molecule has 0 bridgehead atoms. The van der Waals surface area contributed by atoms with Crippen LogP contribution in [0.1, 0.15) is 31.7 Å². The van der Waals surface area contributed by atoms with Crippen LogP contribution in [0.4, 0.5) is 0 Å². The number of rotatable bonds is 6. The van der Waals surface area contributed by atoms with Gasteiger partial charge in [0.15, 0.2) is 0 Å². The Balaban J connectivity index is 1.99. The highest BCUT2D eigenvalue weighted by molar-refractivity contribution is 5.97. The Morgan fingerprint density at radius 1 is 1.32 bits per heavy atom. The van der Waals surface area contributed by atoms with Gasteiger partial charge in [0.2, 0.25) is 5.91 Å². The fourth-order valence-electron chi connectivity index (χ4n) is 2.66. The summed E-state index contributed by atoms with van der Waals surface area (Å²) in [5.74, 6) is -0.0503. The molecule has 1 heterocycles. The van der Waals surface area contributed by atoms with E-state index in [9.17, 15) is 9.90 Å². The zero-order valence-electron chi connectivity index (χ0n) is 13.2. The first-order valence-corrected chi connectivity index (χ1v) is 7.91. The molecule has 1 aliphatic rings. The van der Waals surface area contributed by atoms with Crippen molar-refractivity contribution in [1.29, 1.82) is 0 Å². The van der Waals surface area contributed by atoms with Gasteiger partial charge in [0.05, 0.1) is 6.61 Å². The number of hydrogen-bond acceptors (Lipinski definition) is 3. The van der Waals surface area contributed by atoms with E-state index in [4.69, 9.17) is 4.74 Å². The Morgan fingerprint density at radius 2 is 2.00 bits per heavy atom. The highest BCUT2D eigenvalue weighted by Gasteiger charge is 2.32. The average molecular weight is 303 g/mol. The van der Waals surface area contributed by atoms with Crippen LogP contribution < -0.4 is 5.32 Å². The summed E-state index contributed by atoms with van der Waals surface area (Å²) in [6.07, 6.45) is 4.17. The van der Waals surface area contributed by atoms with Crippen LogP contribution in [-0.2, 0) is 9.53 Å². The Kier molecular flexibility index (Phi) is 6.16. The summed E-state index contributed by atoms with van der Waals surface area (Å²) in [5, 5.41) is 12.7. The minimum absolute atomic E-state index is 0.0503. The number of ether oxygens (including phenoxy) is 1. The number of hydrogen-bond donors (Lipinski definition) is 2. The van der Waals surface area contributed by atoms with E-state index >= 15 is 0 Å². The summed E-state index contributed by atoms with van der Waals surface area (Å²) in [4.78, 5) is 12.4. The van der Waals surface area contributed by atoms with Gasteiger partial charge in [0.1, 0.15) is 0 Å². The first-order valence-electron chi connectivity index (χ1n) is 7.91. The van der Waals surface area contributed by atoms with E-state index in [-0.39, 0.29) is 17.9 Å². The Hall–Kier alpha value is -1.65. The number of aliphatic hydroxyl groups excluding tert-OH is 1. The molecule has 120 valence electrons. The van der Waals surface area contributed by atoms with E-state index in [2.05, 4.69) is 5.32 Å². The monoisotopic (exact) mass is 303 g/mol. The van der Waals surface area contributed by atoms with Crippen molar-refractivity contribution in [3.05, 3.63) is 41.5 Å². The van der Waals surface area contributed by atoms with E-state index in [1.54, 1.807) is 0 Å². The minimum Gasteiger partial charge on any atom is -0.396 e. The molecule has 0 atom stereocenters. The molecule has 2 N–H and O–H groups in total. The van der Waals surface area contributed by atoms with Crippen LogP contribution in [0.15, 0.2) is 35.9 Å². The molecule has 1 amide bonds. The molecule has 1 aromatic carbocycles. The van der Waals surface area contributed by atoms with E-state index < -0.39 is 0 Å². The van der Waals surface area contributed by atoms with Crippen LogP contribution in [0.5, 0.6) is 0 Å². The number of amides is 1. The van der Waals surface area contributed by atoms with Crippen LogP contribution in [-0.4, -0.2) is 37.4 Å². The number of nitrogens with one attached hydrogen (secondary N) is 1. The van der Waals surface area contributed by atoms with Gasteiger partial charge in [-0.05, 0) is 30.9 Å². The van der Waals surface area contributed by atoms with Crippen LogP contribution in [0.2, 0.25) is 0 Å². The van der Waals surface area contributed by atoms with Gasteiger partial charge in [-0.25, -0.2) is 0 Å². The van der Waals surface area contributed by atoms with E-state index in [0.717, 1.165) is 24.0 Å². The van der Waals surface area contributed by atoms with Crippen LogP contribution in [0.25, 0.3) is 6.08 Å². The molecule has 0 radical (unpaired) electrons. The van der Waals surface area contributed by atoms with Gasteiger partial charge in [-0.3, -0.25) is 4.79 Å². The molecule has 0 spiro atoms. The molecule has 0 aromatic heterocycles. The number of carbonyl (C=O) groups excluding carboxylic acids is 1. The van der Waals surface area contributed by atoms with Gasteiger partial charge >= 0.3 is 0 Å². The average Bonchev–Trinajstić information content (AvgIpc) is 2.59. The van der Waals surface area contributed by atoms with Crippen molar-refractivity contribution in [1.82, 2.24) is 5.32 Å². The molecule has 1 aromatic rings. The summed E-state index contributed by atoms with van der Waals surface area (Å²) in [7, 11) is 0. The SMILES string of the molecule is CC/C(=C\c1ccccc1)C(=O)NCC1(CO)CCOCC1. The summed E-state index contributed by atoms with van der Waals surface area (Å²) >= 11 is 0. The van der Waals surface area contributed by atoms with Gasteiger partial charge in [0, 0.05) is 30.7 Å². The highest BCUT2D eigenvalue weighted by Crippen LogP contribution is 2.29. The first-order chi connectivity index (χ1) is 10.7. The first kappa shape index (κ1) is 16.7. The third kappa shape index (κ3) is 4.42.